The molecule has 4 unspecified atom stereocenters. The molecule has 0 saturated heterocycles. The lowest BCUT2D eigenvalue weighted by atomic mass is 9.73. The van der Waals surface area contributed by atoms with E-state index in [-0.39, 0.29) is 5.92 Å². The zero-order valence-corrected chi connectivity index (χ0v) is 28.9. The van der Waals surface area contributed by atoms with Crippen LogP contribution in [0.5, 0.6) is 0 Å². The first-order valence-electron chi connectivity index (χ1n) is 18.7. The van der Waals surface area contributed by atoms with E-state index >= 15 is 0 Å². The number of quaternary nitrogens is 1. The van der Waals surface area contributed by atoms with Crippen LogP contribution >= 0.6 is 0 Å². The monoisotopic (exact) mass is 653 g/mol. The molecule has 3 heterocycles. The maximum atomic E-state index is 2.69. The van der Waals surface area contributed by atoms with E-state index in [0.717, 1.165) is 17.4 Å². The van der Waals surface area contributed by atoms with Gasteiger partial charge in [0.2, 0.25) is 0 Å². The zero-order valence-electron chi connectivity index (χ0n) is 28.9. The molecule has 12 rings (SSSR count). The highest BCUT2D eigenvalue weighted by molar-refractivity contribution is 6.29. The fourth-order valence-electron chi connectivity index (χ4n) is 11.3. The molecule has 51 heavy (non-hydrogen) atoms. The summed E-state index contributed by atoms with van der Waals surface area (Å²) in [6, 6.07) is 49.0. The predicted molar refractivity (Wildman–Crippen MR) is 215 cm³/mol. The molecule has 0 saturated carbocycles. The van der Waals surface area contributed by atoms with Crippen LogP contribution in [0.25, 0.3) is 65.7 Å². The summed E-state index contributed by atoms with van der Waals surface area (Å²) in [4.78, 5) is 0. The van der Waals surface area contributed by atoms with Gasteiger partial charge in [0.25, 0.3) is 0 Å². The molecule has 0 amide bonds. The minimum absolute atomic E-state index is 0.266. The Bertz CT molecular complexity index is 2920. The van der Waals surface area contributed by atoms with Crippen LogP contribution in [0.2, 0.25) is 0 Å². The first kappa shape index (κ1) is 28.0. The van der Waals surface area contributed by atoms with Gasteiger partial charge in [-0.1, -0.05) is 122 Å². The highest BCUT2D eigenvalue weighted by Crippen LogP contribution is 2.65. The Morgan fingerprint density at radius 1 is 0.667 bits per heavy atom. The van der Waals surface area contributed by atoms with Crippen molar-refractivity contribution in [3.05, 3.63) is 168 Å². The molecular weight excluding hydrogens is 617 g/mol. The summed E-state index contributed by atoms with van der Waals surface area (Å²) in [6.07, 6.45) is 8.36. The molecule has 2 bridgehead atoms. The van der Waals surface area contributed by atoms with Crippen LogP contribution < -0.4 is 4.48 Å². The molecule has 0 fully saturated rings. The standard InChI is InChI=1S/C49H37N2/c1-3-51-43-22-11-10-17-37(43)39-21-12-20-34(29(2)48(39)51)45-47-44(38-18-8-9-19-40(38)49(45)51)41-26-24-30-13-4-7-16-36(30)46(41)50(47)33-25-23-32-27-31-14-5-6-15-35(31)42(32)28-33/h4-26,28-29,34,48H,3,27H2,1-2H3/q+1. The van der Waals surface area contributed by atoms with Crippen molar-refractivity contribution in [2.45, 2.75) is 32.2 Å². The molecule has 2 nitrogen and oxygen atoms in total. The lowest BCUT2D eigenvalue weighted by Crippen LogP contribution is -2.56. The van der Waals surface area contributed by atoms with E-state index in [9.17, 15) is 0 Å². The van der Waals surface area contributed by atoms with Crippen molar-refractivity contribution in [1.29, 1.82) is 0 Å². The van der Waals surface area contributed by atoms with E-state index in [1.807, 2.05) is 0 Å². The van der Waals surface area contributed by atoms with Gasteiger partial charge in [0, 0.05) is 61.8 Å². The maximum absolute atomic E-state index is 2.69. The van der Waals surface area contributed by atoms with Gasteiger partial charge in [-0.2, -0.15) is 0 Å². The third-order valence-corrected chi connectivity index (χ3v) is 13.2. The van der Waals surface area contributed by atoms with Crippen LogP contribution in [0, 0.1) is 5.92 Å². The predicted octanol–water partition coefficient (Wildman–Crippen LogP) is 12.4. The molecule has 2 aliphatic heterocycles. The van der Waals surface area contributed by atoms with E-state index in [4.69, 9.17) is 0 Å². The number of hydrogen-bond donors (Lipinski definition) is 0. The Morgan fingerprint density at radius 2 is 1.41 bits per heavy atom. The molecule has 4 atom stereocenters. The van der Waals surface area contributed by atoms with E-state index in [0.29, 0.717) is 12.0 Å². The quantitative estimate of drug-likeness (QED) is 0.164. The van der Waals surface area contributed by atoms with Crippen LogP contribution in [-0.2, 0) is 6.42 Å². The summed E-state index contributed by atoms with van der Waals surface area (Å²) in [5.74, 6) is 0.678. The molecule has 7 aromatic carbocycles. The first-order chi connectivity index (χ1) is 25.2. The van der Waals surface area contributed by atoms with Gasteiger partial charge in [-0.25, -0.2) is 0 Å². The molecule has 4 aliphatic rings. The number of hydrogen-bond acceptors (Lipinski definition) is 0. The van der Waals surface area contributed by atoms with E-state index in [2.05, 4.69) is 164 Å². The number of benzene rings is 7. The largest absolute Gasteiger partial charge is 0.308 e. The highest BCUT2D eigenvalue weighted by atomic mass is 15.4. The Labute approximate surface area is 297 Å². The Morgan fingerprint density at radius 3 is 2.29 bits per heavy atom. The summed E-state index contributed by atoms with van der Waals surface area (Å²) in [6.45, 7) is 5.96. The molecule has 0 N–H and O–H groups in total. The Balaban J connectivity index is 1.34. The van der Waals surface area contributed by atoms with Gasteiger partial charge in [-0.05, 0) is 70.6 Å². The Hall–Kier alpha value is -5.70. The average Bonchev–Trinajstić information content (AvgIpc) is 3.80. The SMILES string of the molecule is CC[N+]12c3ccccc3C3=CC=CC(c4c1c1ccccc1c1c5ccc6ccccc6c5n(-c5ccc6c(c5)-c5ccccc5C6)c41)C(C)C32. The van der Waals surface area contributed by atoms with Crippen LogP contribution in [0.15, 0.2) is 146 Å². The molecule has 0 spiro atoms. The van der Waals surface area contributed by atoms with Gasteiger partial charge in [0.05, 0.1) is 17.6 Å². The van der Waals surface area contributed by atoms with Crippen LogP contribution in [0.3, 0.4) is 0 Å². The zero-order chi connectivity index (χ0) is 33.6. The molecule has 1 aromatic heterocycles. The van der Waals surface area contributed by atoms with Crippen LogP contribution in [-0.4, -0.2) is 17.2 Å². The van der Waals surface area contributed by atoms with Crippen molar-refractivity contribution in [3.63, 3.8) is 0 Å². The summed E-state index contributed by atoms with van der Waals surface area (Å²) in [5.41, 5.74) is 16.9. The normalized spacial score (nSPS) is 22.2. The van der Waals surface area contributed by atoms with Crippen molar-refractivity contribution in [2.75, 3.05) is 6.54 Å². The summed E-state index contributed by atoms with van der Waals surface area (Å²) < 4.78 is 3.56. The Kier molecular flexibility index (Phi) is 5.36. The smallest absolute Gasteiger partial charge is 0.152 e. The van der Waals surface area contributed by atoms with Gasteiger partial charge >= 0.3 is 0 Å². The average molecular weight is 654 g/mol. The van der Waals surface area contributed by atoms with Gasteiger partial charge < -0.3 is 4.57 Å². The van der Waals surface area contributed by atoms with Crippen LogP contribution in [0.1, 0.15) is 42.0 Å². The van der Waals surface area contributed by atoms with Crippen molar-refractivity contribution in [2.24, 2.45) is 5.92 Å². The summed E-state index contributed by atoms with van der Waals surface area (Å²) in [7, 11) is 0. The molecule has 8 aromatic rings. The molecule has 0 radical (unpaired) electrons. The molecular formula is C49H37N2+. The lowest BCUT2D eigenvalue weighted by Gasteiger charge is -2.49. The first-order valence-corrected chi connectivity index (χ1v) is 18.7. The second-order valence-corrected chi connectivity index (χ2v) is 15.3. The second-order valence-electron chi connectivity index (χ2n) is 15.3. The maximum Gasteiger partial charge on any atom is 0.152 e. The number of likely N-dealkylation sites (N-methyl/N-ethyl adjacent to an activating group) is 1. The highest BCUT2D eigenvalue weighted by Gasteiger charge is 2.60. The molecule has 2 aliphatic carbocycles. The summed E-state index contributed by atoms with van der Waals surface area (Å²) >= 11 is 0. The van der Waals surface area contributed by atoms with Crippen molar-refractivity contribution < 1.29 is 0 Å². The topological polar surface area (TPSA) is 4.93 Å². The van der Waals surface area contributed by atoms with E-state index in [1.165, 1.54) is 99.4 Å². The minimum Gasteiger partial charge on any atom is -0.308 e. The number of rotatable bonds is 2. The van der Waals surface area contributed by atoms with Crippen molar-refractivity contribution >= 4 is 60.3 Å². The fourth-order valence-corrected chi connectivity index (χ4v) is 11.3. The van der Waals surface area contributed by atoms with Crippen LogP contribution in [0.4, 0.5) is 11.4 Å². The number of aromatic nitrogens is 1. The number of para-hydroxylation sites is 1. The van der Waals surface area contributed by atoms with Gasteiger partial charge in [0.15, 0.2) is 5.69 Å². The van der Waals surface area contributed by atoms with Gasteiger partial charge in [-0.15, -0.1) is 0 Å². The van der Waals surface area contributed by atoms with Gasteiger partial charge in [-0.3, -0.25) is 4.48 Å². The minimum atomic E-state index is 0.266. The second kappa shape index (κ2) is 9.75. The van der Waals surface area contributed by atoms with Crippen molar-refractivity contribution in [1.82, 2.24) is 9.05 Å². The van der Waals surface area contributed by atoms with E-state index < -0.39 is 0 Å². The third kappa shape index (κ3) is 3.29. The number of nitrogens with zero attached hydrogens (tertiary/aromatic N) is 2. The number of fused-ring (bicyclic) bond motifs is 19. The van der Waals surface area contributed by atoms with E-state index in [1.54, 1.807) is 0 Å². The summed E-state index contributed by atoms with van der Waals surface area (Å²) in [5, 5.41) is 8.04. The van der Waals surface area contributed by atoms with Crippen molar-refractivity contribution in [3.8, 4) is 16.8 Å². The number of allylic oxidation sites excluding steroid dienone is 3. The molecule has 242 valence electrons. The lowest BCUT2D eigenvalue weighted by molar-refractivity contribution is 0.257. The van der Waals surface area contributed by atoms with Gasteiger partial charge in [0.1, 0.15) is 11.7 Å². The third-order valence-electron chi connectivity index (χ3n) is 13.2. The molecule has 2 heteroatoms. The fraction of sp³-hybridized carbons (Fsp3) is 0.143.